The molecule has 0 aliphatic heterocycles. The van der Waals surface area contributed by atoms with Gasteiger partial charge in [0.1, 0.15) is 0 Å². The lowest BCUT2D eigenvalue weighted by Gasteiger charge is -2.05. The highest BCUT2D eigenvalue weighted by molar-refractivity contribution is 6.03. The van der Waals surface area contributed by atoms with E-state index < -0.39 is 0 Å². The molecule has 2 heteroatoms. The number of anilines is 2. The second-order valence-corrected chi connectivity index (χ2v) is 4.03. The molecule has 78 valence electrons. The van der Waals surface area contributed by atoms with E-state index in [1.54, 1.807) is 0 Å². The summed E-state index contributed by atoms with van der Waals surface area (Å²) in [5.41, 5.74) is 13.3. The summed E-state index contributed by atoms with van der Waals surface area (Å²) in [6, 6.07) is 16.1. The third-order valence-electron chi connectivity index (χ3n) is 2.90. The molecule has 0 heterocycles. The molecule has 0 amide bonds. The monoisotopic (exact) mass is 208 g/mol. The van der Waals surface area contributed by atoms with Crippen molar-refractivity contribution < 1.29 is 0 Å². The molecule has 3 rings (SSSR count). The van der Waals surface area contributed by atoms with Gasteiger partial charge in [0.05, 0.1) is 0 Å². The van der Waals surface area contributed by atoms with Gasteiger partial charge in [-0.1, -0.05) is 18.2 Å². The standard InChI is InChI=1S/C14H12N2/c15-12-5-4-9-6-10-2-1-3-14(16)13(10)8-11(9)7-12/h1-8H,15-16H2. The van der Waals surface area contributed by atoms with E-state index in [-0.39, 0.29) is 0 Å². The first-order valence-corrected chi connectivity index (χ1v) is 5.21. The van der Waals surface area contributed by atoms with Gasteiger partial charge < -0.3 is 11.5 Å². The fraction of sp³-hybridized carbons (Fsp3) is 0. The third kappa shape index (κ3) is 1.27. The fourth-order valence-corrected chi connectivity index (χ4v) is 2.07. The predicted molar refractivity (Wildman–Crippen MR) is 70.3 cm³/mol. The van der Waals surface area contributed by atoms with Crippen molar-refractivity contribution in [3.8, 4) is 0 Å². The summed E-state index contributed by atoms with van der Waals surface area (Å²) in [6.07, 6.45) is 0. The summed E-state index contributed by atoms with van der Waals surface area (Å²) in [7, 11) is 0. The Kier molecular flexibility index (Phi) is 1.77. The molecule has 0 unspecified atom stereocenters. The van der Waals surface area contributed by atoms with Crippen LogP contribution >= 0.6 is 0 Å². The van der Waals surface area contributed by atoms with Crippen molar-refractivity contribution in [1.82, 2.24) is 0 Å². The number of benzene rings is 3. The Balaban J connectivity index is 2.49. The van der Waals surface area contributed by atoms with Crippen LogP contribution in [0.25, 0.3) is 21.5 Å². The number of nitrogen functional groups attached to an aromatic ring is 2. The smallest absolute Gasteiger partial charge is 0.0393 e. The van der Waals surface area contributed by atoms with Gasteiger partial charge in [-0.15, -0.1) is 0 Å². The first kappa shape index (κ1) is 9.04. The average molecular weight is 208 g/mol. The lowest BCUT2D eigenvalue weighted by molar-refractivity contribution is 1.73. The quantitative estimate of drug-likeness (QED) is 0.440. The van der Waals surface area contributed by atoms with Gasteiger partial charge >= 0.3 is 0 Å². The highest BCUT2D eigenvalue weighted by Gasteiger charge is 2.00. The van der Waals surface area contributed by atoms with Gasteiger partial charge in [0, 0.05) is 16.8 Å². The van der Waals surface area contributed by atoms with Crippen LogP contribution in [0.2, 0.25) is 0 Å². The molecule has 0 bridgehead atoms. The molecule has 0 atom stereocenters. The van der Waals surface area contributed by atoms with Crippen LogP contribution in [0.1, 0.15) is 0 Å². The zero-order valence-electron chi connectivity index (χ0n) is 8.77. The second kappa shape index (κ2) is 3.14. The number of nitrogens with two attached hydrogens (primary N) is 2. The van der Waals surface area contributed by atoms with Crippen molar-refractivity contribution in [3.05, 3.63) is 48.5 Å². The molecule has 16 heavy (non-hydrogen) atoms. The molecular formula is C14H12N2. The topological polar surface area (TPSA) is 52.0 Å². The van der Waals surface area contributed by atoms with Crippen molar-refractivity contribution in [2.45, 2.75) is 0 Å². The van der Waals surface area contributed by atoms with Crippen molar-refractivity contribution in [3.63, 3.8) is 0 Å². The van der Waals surface area contributed by atoms with E-state index in [4.69, 9.17) is 11.5 Å². The van der Waals surface area contributed by atoms with E-state index in [1.807, 2.05) is 30.3 Å². The minimum Gasteiger partial charge on any atom is -0.399 e. The van der Waals surface area contributed by atoms with E-state index in [2.05, 4.69) is 18.2 Å². The predicted octanol–water partition coefficient (Wildman–Crippen LogP) is 3.16. The Labute approximate surface area is 93.5 Å². The Hall–Kier alpha value is -2.22. The van der Waals surface area contributed by atoms with Crippen LogP contribution in [-0.4, -0.2) is 0 Å². The van der Waals surface area contributed by atoms with Crippen LogP contribution in [-0.2, 0) is 0 Å². The van der Waals surface area contributed by atoms with Crippen LogP contribution in [0.4, 0.5) is 11.4 Å². The van der Waals surface area contributed by atoms with Gasteiger partial charge in [-0.2, -0.15) is 0 Å². The molecule has 3 aromatic rings. The highest BCUT2D eigenvalue weighted by Crippen LogP contribution is 2.27. The number of rotatable bonds is 0. The van der Waals surface area contributed by atoms with Gasteiger partial charge in [0.2, 0.25) is 0 Å². The lowest BCUT2D eigenvalue weighted by atomic mass is 10.0. The second-order valence-electron chi connectivity index (χ2n) is 4.03. The minimum absolute atomic E-state index is 0.779. The molecule has 2 nitrogen and oxygen atoms in total. The molecule has 0 saturated heterocycles. The molecular weight excluding hydrogens is 196 g/mol. The highest BCUT2D eigenvalue weighted by atomic mass is 14.6. The van der Waals surface area contributed by atoms with Crippen LogP contribution in [0.5, 0.6) is 0 Å². The molecule has 3 aromatic carbocycles. The van der Waals surface area contributed by atoms with E-state index in [9.17, 15) is 0 Å². The molecule has 0 fully saturated rings. The van der Waals surface area contributed by atoms with Crippen LogP contribution < -0.4 is 11.5 Å². The molecule has 0 radical (unpaired) electrons. The maximum Gasteiger partial charge on any atom is 0.0393 e. The zero-order chi connectivity index (χ0) is 11.1. The number of hydrogen-bond acceptors (Lipinski definition) is 2. The molecule has 0 aromatic heterocycles. The summed E-state index contributed by atoms with van der Waals surface area (Å²) < 4.78 is 0. The van der Waals surface area contributed by atoms with Crippen molar-refractivity contribution in [2.24, 2.45) is 0 Å². The lowest BCUT2D eigenvalue weighted by Crippen LogP contribution is -1.88. The Morgan fingerprint density at radius 1 is 0.688 bits per heavy atom. The molecule has 0 aliphatic rings. The molecule has 4 N–H and O–H groups in total. The van der Waals surface area contributed by atoms with E-state index in [1.165, 1.54) is 5.39 Å². The van der Waals surface area contributed by atoms with Crippen molar-refractivity contribution in [1.29, 1.82) is 0 Å². The van der Waals surface area contributed by atoms with Crippen LogP contribution in [0.3, 0.4) is 0 Å². The maximum absolute atomic E-state index is 5.95. The fourth-order valence-electron chi connectivity index (χ4n) is 2.07. The first-order valence-electron chi connectivity index (χ1n) is 5.21. The zero-order valence-corrected chi connectivity index (χ0v) is 8.77. The van der Waals surface area contributed by atoms with Gasteiger partial charge in [-0.25, -0.2) is 0 Å². The van der Waals surface area contributed by atoms with Crippen LogP contribution in [0, 0.1) is 0 Å². The number of hydrogen-bond donors (Lipinski definition) is 2. The largest absolute Gasteiger partial charge is 0.399 e. The molecule has 0 spiro atoms. The molecule has 0 saturated carbocycles. The SMILES string of the molecule is Nc1ccc2cc3cccc(N)c3cc2c1. The Morgan fingerprint density at radius 3 is 2.44 bits per heavy atom. The van der Waals surface area contributed by atoms with E-state index in [0.29, 0.717) is 0 Å². The van der Waals surface area contributed by atoms with Crippen LogP contribution in [0.15, 0.2) is 48.5 Å². The number of fused-ring (bicyclic) bond motifs is 2. The summed E-state index contributed by atoms with van der Waals surface area (Å²) in [6.45, 7) is 0. The minimum atomic E-state index is 0.779. The summed E-state index contributed by atoms with van der Waals surface area (Å²) >= 11 is 0. The maximum atomic E-state index is 5.95. The summed E-state index contributed by atoms with van der Waals surface area (Å²) in [4.78, 5) is 0. The van der Waals surface area contributed by atoms with E-state index in [0.717, 1.165) is 27.5 Å². The third-order valence-corrected chi connectivity index (χ3v) is 2.90. The molecule has 0 aliphatic carbocycles. The van der Waals surface area contributed by atoms with Crippen molar-refractivity contribution in [2.75, 3.05) is 11.5 Å². The van der Waals surface area contributed by atoms with E-state index >= 15 is 0 Å². The Morgan fingerprint density at radius 2 is 1.56 bits per heavy atom. The van der Waals surface area contributed by atoms with Gasteiger partial charge in [-0.05, 0) is 46.5 Å². The Bertz CT molecular complexity index is 687. The normalized spacial score (nSPS) is 11.0. The average Bonchev–Trinajstić information content (AvgIpc) is 2.28. The van der Waals surface area contributed by atoms with Gasteiger partial charge in [0.15, 0.2) is 0 Å². The van der Waals surface area contributed by atoms with Gasteiger partial charge in [0.25, 0.3) is 0 Å². The summed E-state index contributed by atoms with van der Waals surface area (Å²) in [5.74, 6) is 0. The summed E-state index contributed by atoms with van der Waals surface area (Å²) in [5, 5.41) is 4.57. The van der Waals surface area contributed by atoms with Crippen molar-refractivity contribution >= 4 is 32.9 Å². The first-order chi connectivity index (χ1) is 7.74. The van der Waals surface area contributed by atoms with Gasteiger partial charge in [-0.3, -0.25) is 0 Å².